The fourth-order valence-corrected chi connectivity index (χ4v) is 3.79. The summed E-state index contributed by atoms with van der Waals surface area (Å²) in [7, 11) is 0. The normalized spacial score (nSPS) is 24.9. The van der Waals surface area contributed by atoms with Gasteiger partial charge in [-0.3, -0.25) is 0 Å². The molecule has 1 fully saturated rings. The molecule has 78 valence electrons. The fraction of sp³-hybridized carbons (Fsp3) is 0.750. The molecule has 1 unspecified atom stereocenters. The maximum Gasteiger partial charge on any atom is 0.243 e. The van der Waals surface area contributed by atoms with Crippen molar-refractivity contribution in [3.8, 4) is 0 Å². The van der Waals surface area contributed by atoms with Crippen molar-refractivity contribution >= 4 is 23.5 Å². The molecule has 1 aromatic rings. The van der Waals surface area contributed by atoms with Crippen molar-refractivity contribution in [2.75, 3.05) is 17.3 Å². The summed E-state index contributed by atoms with van der Waals surface area (Å²) in [4.78, 5) is 4.30. The SMILES string of the molecule is C[C@@H](N)c1nc(C2CSCCS2)no1. The van der Waals surface area contributed by atoms with Crippen LogP contribution in [0.2, 0.25) is 0 Å². The lowest BCUT2D eigenvalue weighted by atomic mass is 10.4. The molecule has 0 amide bonds. The molecule has 1 aromatic heterocycles. The molecule has 2 rings (SSSR count). The Morgan fingerprint density at radius 3 is 3.00 bits per heavy atom. The van der Waals surface area contributed by atoms with Crippen LogP contribution in [-0.4, -0.2) is 27.4 Å². The molecule has 1 aliphatic rings. The molecule has 2 N–H and O–H groups in total. The number of nitrogens with zero attached hydrogens (tertiary/aromatic N) is 2. The van der Waals surface area contributed by atoms with Crippen LogP contribution in [-0.2, 0) is 0 Å². The topological polar surface area (TPSA) is 64.9 Å². The minimum Gasteiger partial charge on any atom is -0.338 e. The van der Waals surface area contributed by atoms with E-state index in [9.17, 15) is 0 Å². The summed E-state index contributed by atoms with van der Waals surface area (Å²) in [6.45, 7) is 1.85. The molecule has 0 aromatic carbocycles. The van der Waals surface area contributed by atoms with Gasteiger partial charge in [-0.05, 0) is 6.92 Å². The van der Waals surface area contributed by atoms with Gasteiger partial charge in [-0.25, -0.2) is 0 Å². The van der Waals surface area contributed by atoms with E-state index in [4.69, 9.17) is 10.3 Å². The summed E-state index contributed by atoms with van der Waals surface area (Å²) in [6, 6.07) is -0.169. The molecule has 6 heteroatoms. The van der Waals surface area contributed by atoms with E-state index in [1.807, 2.05) is 30.4 Å². The smallest absolute Gasteiger partial charge is 0.243 e. The zero-order valence-electron chi connectivity index (χ0n) is 7.97. The van der Waals surface area contributed by atoms with Gasteiger partial charge in [-0.2, -0.15) is 16.7 Å². The van der Waals surface area contributed by atoms with Crippen LogP contribution in [0.5, 0.6) is 0 Å². The van der Waals surface area contributed by atoms with E-state index in [0.717, 1.165) is 17.3 Å². The van der Waals surface area contributed by atoms with Crippen molar-refractivity contribution in [3.05, 3.63) is 11.7 Å². The third kappa shape index (κ3) is 2.24. The third-order valence-corrected chi connectivity index (χ3v) is 4.70. The lowest BCUT2D eigenvalue weighted by molar-refractivity contribution is 0.357. The van der Waals surface area contributed by atoms with E-state index in [0.29, 0.717) is 11.1 Å². The van der Waals surface area contributed by atoms with Gasteiger partial charge in [0, 0.05) is 17.3 Å². The lowest BCUT2D eigenvalue weighted by Gasteiger charge is -2.17. The first-order chi connectivity index (χ1) is 6.77. The molecule has 1 aliphatic heterocycles. The van der Waals surface area contributed by atoms with Gasteiger partial charge in [-0.1, -0.05) is 5.16 Å². The largest absolute Gasteiger partial charge is 0.338 e. The van der Waals surface area contributed by atoms with Gasteiger partial charge in [0.05, 0.1) is 11.3 Å². The van der Waals surface area contributed by atoms with Gasteiger partial charge < -0.3 is 10.3 Å². The monoisotopic (exact) mass is 231 g/mol. The highest BCUT2D eigenvalue weighted by atomic mass is 32.2. The van der Waals surface area contributed by atoms with E-state index >= 15 is 0 Å². The summed E-state index contributed by atoms with van der Waals surface area (Å²) >= 11 is 3.84. The molecule has 0 radical (unpaired) electrons. The lowest BCUT2D eigenvalue weighted by Crippen LogP contribution is -2.09. The first kappa shape index (κ1) is 10.3. The Balaban J connectivity index is 2.07. The standard InChI is InChI=1S/C8H13N3OS2/c1-5(9)8-10-7(11-12-8)6-4-13-2-3-14-6/h5-6H,2-4,9H2,1H3/t5-,6?/m1/s1. The second-order valence-corrected chi connectivity index (χ2v) is 5.67. The van der Waals surface area contributed by atoms with Gasteiger partial charge in [0.25, 0.3) is 0 Å². The number of nitrogens with two attached hydrogens (primary N) is 1. The van der Waals surface area contributed by atoms with E-state index in [1.165, 1.54) is 5.75 Å². The minimum atomic E-state index is -0.169. The number of hydrogen-bond donors (Lipinski definition) is 1. The number of aromatic nitrogens is 2. The first-order valence-corrected chi connectivity index (χ1v) is 6.76. The van der Waals surface area contributed by atoms with Crippen molar-refractivity contribution in [1.29, 1.82) is 0 Å². The number of hydrogen-bond acceptors (Lipinski definition) is 6. The van der Waals surface area contributed by atoms with Gasteiger partial charge >= 0.3 is 0 Å². The van der Waals surface area contributed by atoms with Crippen molar-refractivity contribution in [1.82, 2.24) is 10.1 Å². The quantitative estimate of drug-likeness (QED) is 0.834. The Kier molecular flexibility index (Phi) is 3.35. The highest BCUT2D eigenvalue weighted by Gasteiger charge is 2.22. The van der Waals surface area contributed by atoms with Crippen LogP contribution in [0.1, 0.15) is 29.9 Å². The summed E-state index contributed by atoms with van der Waals surface area (Å²) < 4.78 is 5.07. The molecule has 4 nitrogen and oxygen atoms in total. The van der Waals surface area contributed by atoms with Crippen LogP contribution in [0.15, 0.2) is 4.52 Å². The molecule has 0 spiro atoms. The summed E-state index contributed by atoms with van der Waals surface area (Å²) in [6.07, 6.45) is 0. The average Bonchev–Trinajstić information content (AvgIpc) is 2.68. The molecule has 14 heavy (non-hydrogen) atoms. The predicted octanol–water partition coefficient (Wildman–Crippen LogP) is 1.61. The number of rotatable bonds is 2. The zero-order valence-corrected chi connectivity index (χ0v) is 9.61. The zero-order chi connectivity index (χ0) is 9.97. The number of thioether (sulfide) groups is 2. The van der Waals surface area contributed by atoms with Crippen molar-refractivity contribution in [3.63, 3.8) is 0 Å². The van der Waals surface area contributed by atoms with Crippen LogP contribution in [0, 0.1) is 0 Å². The Morgan fingerprint density at radius 2 is 2.43 bits per heavy atom. The molecule has 0 aliphatic carbocycles. The van der Waals surface area contributed by atoms with Gasteiger partial charge in [0.1, 0.15) is 0 Å². The molecular weight excluding hydrogens is 218 g/mol. The van der Waals surface area contributed by atoms with Gasteiger partial charge in [0.15, 0.2) is 5.82 Å². The molecular formula is C8H13N3OS2. The van der Waals surface area contributed by atoms with Crippen LogP contribution in [0.4, 0.5) is 0 Å². The molecule has 2 heterocycles. The Hall–Kier alpha value is -0.200. The van der Waals surface area contributed by atoms with E-state index in [2.05, 4.69) is 10.1 Å². The maximum atomic E-state index is 5.65. The molecule has 0 bridgehead atoms. The summed E-state index contributed by atoms with van der Waals surface area (Å²) in [5.41, 5.74) is 5.65. The molecule has 1 saturated heterocycles. The predicted molar refractivity (Wildman–Crippen MR) is 59.4 cm³/mol. The van der Waals surface area contributed by atoms with Crippen molar-refractivity contribution in [2.24, 2.45) is 5.73 Å². The van der Waals surface area contributed by atoms with E-state index in [-0.39, 0.29) is 6.04 Å². The van der Waals surface area contributed by atoms with Crippen LogP contribution >= 0.6 is 23.5 Å². The summed E-state index contributed by atoms with van der Waals surface area (Å²) in [5, 5.41) is 4.34. The second kappa shape index (κ2) is 4.55. The van der Waals surface area contributed by atoms with Crippen LogP contribution < -0.4 is 5.73 Å². The van der Waals surface area contributed by atoms with E-state index in [1.54, 1.807) is 0 Å². The molecule has 2 atom stereocenters. The van der Waals surface area contributed by atoms with Crippen LogP contribution in [0.3, 0.4) is 0 Å². The second-order valence-electron chi connectivity index (χ2n) is 3.21. The molecule has 0 saturated carbocycles. The Morgan fingerprint density at radius 1 is 1.57 bits per heavy atom. The Bertz CT molecular complexity index is 297. The van der Waals surface area contributed by atoms with E-state index < -0.39 is 0 Å². The third-order valence-electron chi connectivity index (χ3n) is 1.95. The fourth-order valence-electron chi connectivity index (χ4n) is 1.20. The Labute approximate surface area is 91.4 Å². The minimum absolute atomic E-state index is 0.169. The van der Waals surface area contributed by atoms with Gasteiger partial charge in [-0.15, -0.1) is 11.8 Å². The van der Waals surface area contributed by atoms with Gasteiger partial charge in [0.2, 0.25) is 5.89 Å². The van der Waals surface area contributed by atoms with Crippen molar-refractivity contribution < 1.29 is 4.52 Å². The highest BCUT2D eigenvalue weighted by Crippen LogP contribution is 2.35. The highest BCUT2D eigenvalue weighted by molar-refractivity contribution is 8.06. The first-order valence-electron chi connectivity index (χ1n) is 4.56. The summed E-state index contributed by atoms with van der Waals surface area (Å²) in [5.74, 6) is 4.80. The van der Waals surface area contributed by atoms with Crippen molar-refractivity contribution in [2.45, 2.75) is 18.2 Å². The maximum absolute atomic E-state index is 5.65. The average molecular weight is 231 g/mol. The van der Waals surface area contributed by atoms with Crippen LogP contribution in [0.25, 0.3) is 0 Å².